The van der Waals surface area contributed by atoms with Gasteiger partial charge in [0, 0.05) is 6.07 Å². The van der Waals surface area contributed by atoms with Gasteiger partial charge in [-0.15, -0.1) is 0 Å². The van der Waals surface area contributed by atoms with Crippen LogP contribution in [0.3, 0.4) is 0 Å². The first-order valence-corrected chi connectivity index (χ1v) is 6.18. The van der Waals surface area contributed by atoms with Gasteiger partial charge >= 0.3 is 0 Å². The van der Waals surface area contributed by atoms with Gasteiger partial charge in [0.15, 0.2) is 11.6 Å². The number of nitrogens with one attached hydrogen (secondary N) is 1. The quantitative estimate of drug-likeness (QED) is 0.861. The largest absolute Gasteiger partial charge is 0.489 e. The summed E-state index contributed by atoms with van der Waals surface area (Å²) in [6.45, 7) is 0.0828. The normalized spacial score (nSPS) is 10.2. The Morgan fingerprint density at radius 3 is 2.52 bits per heavy atom. The Hall–Kier alpha value is -2.50. The molecule has 0 aliphatic rings. The first-order chi connectivity index (χ1) is 10.1. The zero-order chi connectivity index (χ0) is 15.2. The maximum atomic E-state index is 13.3. The lowest BCUT2D eigenvalue weighted by Crippen LogP contribution is -2.28. The highest BCUT2D eigenvalue weighted by Crippen LogP contribution is 2.14. The lowest BCUT2D eigenvalue weighted by atomic mass is 10.2. The topological polar surface area (TPSA) is 38.3 Å². The maximum absolute atomic E-state index is 13.3. The molecule has 0 aromatic heterocycles. The second-order valence-electron chi connectivity index (χ2n) is 4.16. The second-order valence-corrected chi connectivity index (χ2v) is 4.16. The standard InChI is InChI=1S/C15H12F3NO2/c16-10-5-6-11(13(18)9-10)15(20)19-7-8-21-14-4-2-1-3-12(14)17/h1-6,9H,7-8H2,(H,19,20). The number of rotatable bonds is 5. The highest BCUT2D eigenvalue weighted by atomic mass is 19.1. The fourth-order valence-corrected chi connectivity index (χ4v) is 1.66. The van der Waals surface area contributed by atoms with Crippen molar-refractivity contribution in [2.24, 2.45) is 0 Å². The molecule has 1 amide bonds. The van der Waals surface area contributed by atoms with Gasteiger partial charge in [-0.3, -0.25) is 4.79 Å². The molecule has 6 heteroatoms. The molecular weight excluding hydrogens is 283 g/mol. The Morgan fingerprint density at radius 2 is 1.81 bits per heavy atom. The molecule has 0 atom stereocenters. The summed E-state index contributed by atoms with van der Waals surface area (Å²) >= 11 is 0. The number of halogens is 3. The number of amides is 1. The van der Waals surface area contributed by atoms with Crippen LogP contribution in [0.4, 0.5) is 13.2 Å². The molecule has 1 N–H and O–H groups in total. The summed E-state index contributed by atoms with van der Waals surface area (Å²) in [4.78, 5) is 11.7. The van der Waals surface area contributed by atoms with Gasteiger partial charge in [-0.25, -0.2) is 13.2 Å². The van der Waals surface area contributed by atoms with Crippen LogP contribution < -0.4 is 10.1 Å². The van der Waals surface area contributed by atoms with Gasteiger partial charge in [-0.2, -0.15) is 0 Å². The van der Waals surface area contributed by atoms with Crippen LogP contribution >= 0.6 is 0 Å². The third-order valence-corrected chi connectivity index (χ3v) is 2.66. The van der Waals surface area contributed by atoms with Gasteiger partial charge in [0.1, 0.15) is 18.2 Å². The number of carbonyl (C=O) groups excluding carboxylic acids is 1. The van der Waals surface area contributed by atoms with E-state index in [9.17, 15) is 18.0 Å². The molecule has 0 saturated carbocycles. The van der Waals surface area contributed by atoms with Crippen molar-refractivity contribution in [1.29, 1.82) is 0 Å². The Bertz CT molecular complexity index is 647. The zero-order valence-electron chi connectivity index (χ0n) is 10.9. The molecule has 3 nitrogen and oxygen atoms in total. The lowest BCUT2D eigenvalue weighted by Gasteiger charge is -2.08. The molecular formula is C15H12F3NO2. The van der Waals surface area contributed by atoms with Crippen LogP contribution in [0.2, 0.25) is 0 Å². The monoisotopic (exact) mass is 295 g/mol. The fourth-order valence-electron chi connectivity index (χ4n) is 1.66. The van der Waals surface area contributed by atoms with E-state index in [0.29, 0.717) is 6.07 Å². The third-order valence-electron chi connectivity index (χ3n) is 2.66. The summed E-state index contributed by atoms with van der Waals surface area (Å²) in [5.41, 5.74) is -0.262. The van der Waals surface area contributed by atoms with Crippen LogP contribution in [0.5, 0.6) is 5.75 Å². The minimum absolute atomic E-state index is 0.0233. The van der Waals surface area contributed by atoms with Crippen LogP contribution in [0.1, 0.15) is 10.4 Å². The lowest BCUT2D eigenvalue weighted by molar-refractivity contribution is 0.0942. The highest BCUT2D eigenvalue weighted by molar-refractivity contribution is 5.94. The van der Waals surface area contributed by atoms with E-state index in [1.807, 2.05) is 0 Å². The van der Waals surface area contributed by atoms with Crippen molar-refractivity contribution in [3.05, 3.63) is 65.5 Å². The fraction of sp³-hybridized carbons (Fsp3) is 0.133. The van der Waals surface area contributed by atoms with E-state index >= 15 is 0 Å². The molecule has 110 valence electrons. The Labute approximate surface area is 119 Å². The summed E-state index contributed by atoms with van der Waals surface area (Å²) in [5, 5.41) is 2.40. The van der Waals surface area contributed by atoms with Gasteiger partial charge in [0.2, 0.25) is 0 Å². The van der Waals surface area contributed by atoms with Crippen molar-refractivity contribution in [2.75, 3.05) is 13.2 Å². The Balaban J connectivity index is 1.83. The van der Waals surface area contributed by atoms with Crippen molar-refractivity contribution in [2.45, 2.75) is 0 Å². The maximum Gasteiger partial charge on any atom is 0.254 e. The van der Waals surface area contributed by atoms with Gasteiger partial charge < -0.3 is 10.1 Å². The van der Waals surface area contributed by atoms with E-state index in [1.54, 1.807) is 6.07 Å². The number of benzene rings is 2. The van der Waals surface area contributed by atoms with E-state index in [2.05, 4.69) is 5.32 Å². The Morgan fingerprint density at radius 1 is 1.05 bits per heavy atom. The molecule has 2 aromatic rings. The number of ether oxygens (including phenoxy) is 1. The van der Waals surface area contributed by atoms with Crippen LogP contribution in [0.25, 0.3) is 0 Å². The number of hydrogen-bond donors (Lipinski definition) is 1. The van der Waals surface area contributed by atoms with Gasteiger partial charge in [-0.1, -0.05) is 12.1 Å². The second kappa shape index (κ2) is 6.78. The molecule has 0 aliphatic heterocycles. The average molecular weight is 295 g/mol. The minimum atomic E-state index is -0.942. The van der Waals surface area contributed by atoms with E-state index < -0.39 is 23.4 Å². The number of carbonyl (C=O) groups is 1. The summed E-state index contributed by atoms with van der Waals surface area (Å²) < 4.78 is 44.4. The summed E-state index contributed by atoms with van der Waals surface area (Å²) in [5.74, 6) is -2.83. The smallest absolute Gasteiger partial charge is 0.254 e. The summed E-state index contributed by atoms with van der Waals surface area (Å²) in [6.07, 6.45) is 0. The van der Waals surface area contributed by atoms with E-state index in [-0.39, 0.29) is 24.5 Å². The van der Waals surface area contributed by atoms with Crippen molar-refractivity contribution >= 4 is 5.91 Å². The molecule has 2 aromatic carbocycles. The predicted octanol–water partition coefficient (Wildman–Crippen LogP) is 2.91. The molecule has 0 aliphatic carbocycles. The van der Waals surface area contributed by atoms with E-state index in [4.69, 9.17) is 4.74 Å². The van der Waals surface area contributed by atoms with Crippen LogP contribution in [-0.2, 0) is 0 Å². The van der Waals surface area contributed by atoms with Crippen molar-refractivity contribution in [1.82, 2.24) is 5.32 Å². The molecule has 0 unspecified atom stereocenters. The van der Waals surface area contributed by atoms with E-state index in [0.717, 1.165) is 12.1 Å². The molecule has 21 heavy (non-hydrogen) atoms. The molecule has 0 saturated heterocycles. The Kier molecular flexibility index (Phi) is 4.81. The minimum Gasteiger partial charge on any atom is -0.489 e. The van der Waals surface area contributed by atoms with Gasteiger partial charge in [-0.05, 0) is 24.3 Å². The van der Waals surface area contributed by atoms with Crippen LogP contribution in [0.15, 0.2) is 42.5 Å². The van der Waals surface area contributed by atoms with Gasteiger partial charge in [0.25, 0.3) is 5.91 Å². The average Bonchev–Trinajstić information content (AvgIpc) is 2.45. The molecule has 0 heterocycles. The number of para-hydroxylation sites is 1. The van der Waals surface area contributed by atoms with Gasteiger partial charge in [0.05, 0.1) is 12.1 Å². The zero-order valence-corrected chi connectivity index (χ0v) is 10.9. The van der Waals surface area contributed by atoms with Crippen molar-refractivity contribution in [3.8, 4) is 5.75 Å². The molecule has 0 spiro atoms. The number of hydrogen-bond acceptors (Lipinski definition) is 2. The third kappa shape index (κ3) is 3.98. The SMILES string of the molecule is O=C(NCCOc1ccccc1F)c1ccc(F)cc1F. The summed E-state index contributed by atoms with van der Waals surface area (Å²) in [7, 11) is 0. The van der Waals surface area contributed by atoms with E-state index in [1.165, 1.54) is 18.2 Å². The van der Waals surface area contributed by atoms with Crippen molar-refractivity contribution < 1.29 is 22.7 Å². The molecule has 0 fully saturated rings. The highest BCUT2D eigenvalue weighted by Gasteiger charge is 2.11. The first-order valence-electron chi connectivity index (χ1n) is 6.18. The molecule has 0 radical (unpaired) electrons. The van der Waals surface area contributed by atoms with Crippen LogP contribution in [0, 0.1) is 17.5 Å². The summed E-state index contributed by atoms with van der Waals surface area (Å²) in [6, 6.07) is 8.53. The van der Waals surface area contributed by atoms with Crippen molar-refractivity contribution in [3.63, 3.8) is 0 Å². The molecule has 2 rings (SSSR count). The molecule has 0 bridgehead atoms. The predicted molar refractivity (Wildman–Crippen MR) is 70.6 cm³/mol. The first kappa shape index (κ1) is 14.9. The van der Waals surface area contributed by atoms with Crippen LogP contribution in [-0.4, -0.2) is 19.1 Å².